The number of nitrogens with zero attached hydrogens (tertiary/aromatic N) is 1. The monoisotopic (exact) mass is 733 g/mol. The van der Waals surface area contributed by atoms with Crippen LogP contribution in [0.2, 0.25) is 0 Å². The summed E-state index contributed by atoms with van der Waals surface area (Å²) in [5.41, 5.74) is 18.2. The molecule has 0 fully saturated rings. The highest BCUT2D eigenvalue weighted by molar-refractivity contribution is 6.05. The topological polar surface area (TPSA) is 12.5 Å². The van der Waals surface area contributed by atoms with E-state index < -0.39 is 5.41 Å². The first-order valence-corrected chi connectivity index (χ1v) is 20.0. The molecular formula is C55H43NO. The fourth-order valence-electron chi connectivity index (χ4n) is 9.15. The maximum absolute atomic E-state index is 6.59. The van der Waals surface area contributed by atoms with E-state index in [1.165, 1.54) is 78.1 Å². The summed E-state index contributed by atoms with van der Waals surface area (Å²) in [6.07, 6.45) is 3.20. The van der Waals surface area contributed by atoms with Crippen molar-refractivity contribution < 1.29 is 4.74 Å². The molecule has 0 saturated carbocycles. The van der Waals surface area contributed by atoms with Crippen molar-refractivity contribution in [3.05, 3.63) is 228 Å². The van der Waals surface area contributed by atoms with E-state index in [4.69, 9.17) is 4.74 Å². The molecule has 1 aliphatic heterocycles. The molecule has 0 radical (unpaired) electrons. The van der Waals surface area contributed by atoms with Crippen molar-refractivity contribution in [2.75, 3.05) is 4.90 Å². The molecule has 0 aromatic heterocycles. The summed E-state index contributed by atoms with van der Waals surface area (Å²) in [5.74, 6) is 0.885. The number of allylic oxidation sites excluding steroid dienone is 1. The summed E-state index contributed by atoms with van der Waals surface area (Å²) in [6, 6.07) is 72.2. The van der Waals surface area contributed by atoms with E-state index in [-0.39, 0.29) is 6.10 Å². The zero-order valence-corrected chi connectivity index (χ0v) is 32.3. The molecule has 2 aliphatic rings. The zero-order chi connectivity index (χ0) is 38.3. The van der Waals surface area contributed by atoms with Crippen molar-refractivity contribution in [1.82, 2.24) is 0 Å². The summed E-state index contributed by atoms with van der Waals surface area (Å²) in [4.78, 5) is 2.47. The molecule has 2 nitrogen and oxygen atoms in total. The highest BCUT2D eigenvalue weighted by Crippen LogP contribution is 2.62. The maximum Gasteiger partial charge on any atom is 0.119 e. The van der Waals surface area contributed by atoms with E-state index in [1.54, 1.807) is 0 Å². The Morgan fingerprint density at radius 3 is 1.70 bits per heavy atom. The fourth-order valence-corrected chi connectivity index (χ4v) is 9.15. The van der Waals surface area contributed by atoms with Gasteiger partial charge in [-0.2, -0.15) is 0 Å². The number of hydrogen-bond acceptors (Lipinski definition) is 2. The third-order valence-corrected chi connectivity index (χ3v) is 11.9. The molecule has 0 spiro atoms. The third-order valence-electron chi connectivity index (χ3n) is 11.9. The van der Waals surface area contributed by atoms with Gasteiger partial charge in [0.15, 0.2) is 0 Å². The van der Waals surface area contributed by atoms with Crippen molar-refractivity contribution in [1.29, 1.82) is 0 Å². The van der Waals surface area contributed by atoms with Crippen LogP contribution in [0, 0.1) is 0 Å². The molecule has 2 atom stereocenters. The standard InChI is InChI=1S/C55H43NO/c1-38(57-48-32-27-43(28-33-48)40-17-8-4-9-18-40)35-45-21-12-13-23-49(45)50-37-46-22-14-24-53-54(46)55(50,2)51-36-44(41-19-10-5-11-20-41)29-34-52(51)56(53)47-30-25-42(26-31-47)39-15-6-3-7-16-39/h3-34,36-38H,35H2,1-2H3/t38-,55?/m1/s1. The van der Waals surface area contributed by atoms with Crippen molar-refractivity contribution in [2.24, 2.45) is 0 Å². The van der Waals surface area contributed by atoms with E-state index >= 15 is 0 Å². The number of ether oxygens (including phenoxy) is 1. The van der Waals surface area contributed by atoms with Crippen molar-refractivity contribution in [3.63, 3.8) is 0 Å². The second kappa shape index (κ2) is 14.3. The molecule has 57 heavy (non-hydrogen) atoms. The second-order valence-corrected chi connectivity index (χ2v) is 15.5. The summed E-state index contributed by atoms with van der Waals surface area (Å²) >= 11 is 0. The second-order valence-electron chi connectivity index (χ2n) is 15.5. The molecule has 8 aromatic rings. The minimum absolute atomic E-state index is 0.0286. The Kier molecular flexibility index (Phi) is 8.68. The van der Waals surface area contributed by atoms with Crippen LogP contribution in [-0.4, -0.2) is 6.10 Å². The Balaban J connectivity index is 1.04. The normalized spacial score (nSPS) is 15.7. The van der Waals surface area contributed by atoms with Crippen LogP contribution in [0.1, 0.15) is 41.7 Å². The average Bonchev–Trinajstić information content (AvgIpc) is 3.59. The molecule has 2 heteroatoms. The molecule has 1 heterocycles. The van der Waals surface area contributed by atoms with E-state index in [0.717, 1.165) is 17.9 Å². The van der Waals surface area contributed by atoms with Crippen LogP contribution < -0.4 is 9.64 Å². The lowest BCUT2D eigenvalue weighted by molar-refractivity contribution is 0.222. The molecule has 1 unspecified atom stereocenters. The molecule has 274 valence electrons. The van der Waals surface area contributed by atoms with Gasteiger partial charge in [-0.05, 0) is 129 Å². The number of hydrogen-bond donors (Lipinski definition) is 0. The lowest BCUT2D eigenvalue weighted by atomic mass is 9.67. The number of rotatable bonds is 9. The van der Waals surface area contributed by atoms with Gasteiger partial charge in [0.1, 0.15) is 5.75 Å². The first-order valence-electron chi connectivity index (χ1n) is 20.0. The SMILES string of the molecule is C[C@H](Cc1ccccc1C1=Cc2cccc3c2C1(C)c1cc(-c2ccccc2)ccc1N3c1ccc(-c2ccccc2)cc1)Oc1ccc(-c2ccccc2)cc1. The van der Waals surface area contributed by atoms with Crippen molar-refractivity contribution in [2.45, 2.75) is 31.8 Å². The summed E-state index contributed by atoms with van der Waals surface area (Å²) in [5, 5.41) is 0. The Labute approximate surface area is 336 Å². The molecule has 8 aromatic carbocycles. The van der Waals surface area contributed by atoms with Gasteiger partial charge < -0.3 is 9.64 Å². The van der Waals surface area contributed by atoms with Gasteiger partial charge in [0, 0.05) is 17.5 Å². The molecule has 0 saturated heterocycles. The van der Waals surface area contributed by atoms with Gasteiger partial charge in [0.05, 0.1) is 17.5 Å². The van der Waals surface area contributed by atoms with E-state index in [1.807, 2.05) is 0 Å². The van der Waals surface area contributed by atoms with Crippen LogP contribution in [0.15, 0.2) is 200 Å². The number of benzene rings is 8. The Bertz CT molecular complexity index is 2730. The molecule has 0 bridgehead atoms. The highest BCUT2D eigenvalue weighted by Gasteiger charge is 2.48. The Hall–Kier alpha value is -6.90. The third kappa shape index (κ3) is 6.15. The largest absolute Gasteiger partial charge is 0.490 e. The summed E-state index contributed by atoms with van der Waals surface area (Å²) in [7, 11) is 0. The van der Waals surface area contributed by atoms with Gasteiger partial charge in [-0.3, -0.25) is 0 Å². The fraction of sp³-hybridized carbons (Fsp3) is 0.0909. The van der Waals surface area contributed by atoms with Gasteiger partial charge in [-0.15, -0.1) is 0 Å². The quantitative estimate of drug-likeness (QED) is 0.146. The van der Waals surface area contributed by atoms with Gasteiger partial charge in [0.2, 0.25) is 0 Å². The first kappa shape index (κ1) is 34.6. The van der Waals surface area contributed by atoms with Gasteiger partial charge in [-0.25, -0.2) is 0 Å². The lowest BCUT2D eigenvalue weighted by Gasteiger charge is -2.44. The predicted octanol–water partition coefficient (Wildman–Crippen LogP) is 14.3. The zero-order valence-electron chi connectivity index (χ0n) is 32.3. The van der Waals surface area contributed by atoms with Gasteiger partial charge in [0.25, 0.3) is 0 Å². The van der Waals surface area contributed by atoms with E-state index in [2.05, 4.69) is 225 Å². The average molecular weight is 734 g/mol. The number of fused-ring (bicyclic) bond motifs is 2. The first-order chi connectivity index (χ1) is 28.0. The van der Waals surface area contributed by atoms with E-state index in [9.17, 15) is 0 Å². The van der Waals surface area contributed by atoms with Gasteiger partial charge >= 0.3 is 0 Å². The molecular weight excluding hydrogens is 691 g/mol. The molecule has 10 rings (SSSR count). The summed E-state index contributed by atoms with van der Waals surface area (Å²) in [6.45, 7) is 4.63. The van der Waals surface area contributed by atoms with Crippen molar-refractivity contribution in [3.8, 4) is 39.1 Å². The predicted molar refractivity (Wildman–Crippen MR) is 238 cm³/mol. The van der Waals surface area contributed by atoms with Crippen LogP contribution in [0.5, 0.6) is 5.75 Å². The van der Waals surface area contributed by atoms with Crippen LogP contribution in [0.4, 0.5) is 17.1 Å². The smallest absolute Gasteiger partial charge is 0.119 e. The van der Waals surface area contributed by atoms with Gasteiger partial charge in [-0.1, -0.05) is 158 Å². The Morgan fingerprint density at radius 2 is 1.05 bits per heavy atom. The van der Waals surface area contributed by atoms with Crippen molar-refractivity contribution >= 4 is 28.7 Å². The van der Waals surface area contributed by atoms with Crippen LogP contribution in [-0.2, 0) is 11.8 Å². The number of anilines is 3. The Morgan fingerprint density at radius 1 is 0.509 bits per heavy atom. The molecule has 0 N–H and O–H groups in total. The van der Waals surface area contributed by atoms with Crippen LogP contribution >= 0.6 is 0 Å². The van der Waals surface area contributed by atoms with Crippen LogP contribution in [0.25, 0.3) is 45.0 Å². The summed E-state index contributed by atoms with van der Waals surface area (Å²) < 4.78 is 6.59. The van der Waals surface area contributed by atoms with E-state index in [0.29, 0.717) is 0 Å². The molecule has 1 aliphatic carbocycles. The minimum atomic E-state index is -0.403. The van der Waals surface area contributed by atoms with Crippen LogP contribution in [0.3, 0.4) is 0 Å². The minimum Gasteiger partial charge on any atom is -0.490 e. The maximum atomic E-state index is 6.59. The molecule has 0 amide bonds. The highest BCUT2D eigenvalue weighted by atomic mass is 16.5. The lowest BCUT2D eigenvalue weighted by Crippen LogP contribution is -2.33.